The Morgan fingerprint density at radius 2 is 2.00 bits per heavy atom. The highest BCUT2D eigenvalue weighted by atomic mass is 15.4. The first-order valence-corrected chi connectivity index (χ1v) is 6.29. The zero-order valence-electron chi connectivity index (χ0n) is 9.52. The Morgan fingerprint density at radius 3 is 2.69 bits per heavy atom. The number of nitrogens with one attached hydrogen (secondary N) is 1. The number of rotatable bonds is 2. The van der Waals surface area contributed by atoms with Crippen LogP contribution in [-0.4, -0.2) is 27.8 Å². The first kappa shape index (κ1) is 9.93. The maximum atomic E-state index is 5.59. The molecule has 3 N–H and O–H groups in total. The molecule has 2 aliphatic rings. The second kappa shape index (κ2) is 3.96. The summed E-state index contributed by atoms with van der Waals surface area (Å²) in [7, 11) is 0. The molecule has 1 saturated carbocycles. The summed E-state index contributed by atoms with van der Waals surface area (Å²) in [5, 5.41) is 6.92. The van der Waals surface area contributed by atoms with Gasteiger partial charge in [-0.05, 0) is 31.6 Å². The molecule has 5 heteroatoms. The highest BCUT2D eigenvalue weighted by molar-refractivity contribution is 5.37. The van der Waals surface area contributed by atoms with Crippen LogP contribution in [0.4, 0.5) is 11.9 Å². The lowest BCUT2D eigenvalue weighted by Gasteiger charge is -2.28. The zero-order valence-corrected chi connectivity index (χ0v) is 9.52. The van der Waals surface area contributed by atoms with Gasteiger partial charge >= 0.3 is 0 Å². The van der Waals surface area contributed by atoms with E-state index in [4.69, 9.17) is 5.73 Å². The van der Waals surface area contributed by atoms with Crippen molar-refractivity contribution in [2.45, 2.75) is 44.6 Å². The largest absolute Gasteiger partial charge is 0.368 e. The normalized spacial score (nSPS) is 26.8. The van der Waals surface area contributed by atoms with Gasteiger partial charge in [0.25, 0.3) is 0 Å². The standard InChI is InChI=1S/C11H19N5/c12-10-13-11(15-14-10)16-7-3-6-9(16)8-4-1-2-5-8/h8-9H,1-7H2,(H3,12,13,14,15). The van der Waals surface area contributed by atoms with Crippen LogP contribution in [0.15, 0.2) is 0 Å². The van der Waals surface area contributed by atoms with Gasteiger partial charge in [-0.15, -0.1) is 5.10 Å². The summed E-state index contributed by atoms with van der Waals surface area (Å²) in [6, 6.07) is 0.651. The zero-order chi connectivity index (χ0) is 11.0. The summed E-state index contributed by atoms with van der Waals surface area (Å²) in [4.78, 5) is 6.60. The van der Waals surface area contributed by atoms with E-state index in [0.29, 0.717) is 12.0 Å². The SMILES string of the molecule is Nc1nc(N2CCCC2C2CCCC2)n[nH]1. The molecule has 1 aromatic rings. The molecule has 0 radical (unpaired) electrons. The van der Waals surface area contributed by atoms with Crippen molar-refractivity contribution < 1.29 is 0 Å². The number of nitrogens with zero attached hydrogens (tertiary/aromatic N) is 3. The molecule has 0 spiro atoms. The smallest absolute Gasteiger partial charge is 0.246 e. The van der Waals surface area contributed by atoms with E-state index >= 15 is 0 Å². The second-order valence-electron chi connectivity index (χ2n) is 4.97. The molecule has 0 amide bonds. The summed E-state index contributed by atoms with van der Waals surface area (Å²) >= 11 is 0. The van der Waals surface area contributed by atoms with Gasteiger partial charge in [-0.25, -0.2) is 5.10 Å². The molecular formula is C11H19N5. The van der Waals surface area contributed by atoms with E-state index in [1.54, 1.807) is 0 Å². The van der Waals surface area contributed by atoms with E-state index in [2.05, 4.69) is 20.1 Å². The van der Waals surface area contributed by atoms with Gasteiger partial charge in [-0.3, -0.25) is 0 Å². The number of nitrogen functional groups attached to an aromatic ring is 1. The maximum absolute atomic E-state index is 5.59. The highest BCUT2D eigenvalue weighted by Crippen LogP contribution is 2.36. The second-order valence-corrected chi connectivity index (χ2v) is 4.97. The lowest BCUT2D eigenvalue weighted by atomic mass is 9.96. The Bertz CT molecular complexity index is 355. The molecule has 1 unspecified atom stereocenters. The van der Waals surface area contributed by atoms with Crippen molar-refractivity contribution >= 4 is 11.9 Å². The van der Waals surface area contributed by atoms with Gasteiger partial charge in [0.05, 0.1) is 0 Å². The summed E-state index contributed by atoms with van der Waals surface area (Å²) in [6.07, 6.45) is 8.09. The lowest BCUT2D eigenvalue weighted by molar-refractivity contribution is 0.427. The van der Waals surface area contributed by atoms with Crippen LogP contribution in [0.3, 0.4) is 0 Å². The van der Waals surface area contributed by atoms with Gasteiger partial charge < -0.3 is 10.6 Å². The minimum absolute atomic E-state index is 0.423. The highest BCUT2D eigenvalue weighted by Gasteiger charge is 2.34. The van der Waals surface area contributed by atoms with Gasteiger partial charge in [0.2, 0.25) is 11.9 Å². The van der Waals surface area contributed by atoms with Crippen LogP contribution in [0.1, 0.15) is 38.5 Å². The minimum atomic E-state index is 0.423. The van der Waals surface area contributed by atoms with Crippen molar-refractivity contribution in [2.75, 3.05) is 17.2 Å². The molecule has 1 aromatic heterocycles. The number of aromatic amines is 1. The van der Waals surface area contributed by atoms with Crippen molar-refractivity contribution in [2.24, 2.45) is 5.92 Å². The van der Waals surface area contributed by atoms with Crippen LogP contribution in [0.2, 0.25) is 0 Å². The molecule has 88 valence electrons. The number of hydrogen-bond acceptors (Lipinski definition) is 4. The summed E-state index contributed by atoms with van der Waals surface area (Å²) in [5.74, 6) is 2.07. The molecule has 1 atom stereocenters. The number of anilines is 2. The van der Waals surface area contributed by atoms with Crippen molar-refractivity contribution in [3.8, 4) is 0 Å². The van der Waals surface area contributed by atoms with E-state index in [0.717, 1.165) is 18.4 Å². The molecule has 2 heterocycles. The summed E-state index contributed by atoms with van der Waals surface area (Å²) in [6.45, 7) is 1.08. The van der Waals surface area contributed by atoms with Crippen LogP contribution in [-0.2, 0) is 0 Å². The molecule has 2 fully saturated rings. The van der Waals surface area contributed by atoms with Gasteiger partial charge in [0.15, 0.2) is 0 Å². The average Bonchev–Trinajstić information content (AvgIpc) is 2.96. The number of hydrogen-bond donors (Lipinski definition) is 2. The molecule has 5 nitrogen and oxygen atoms in total. The molecule has 16 heavy (non-hydrogen) atoms. The van der Waals surface area contributed by atoms with Gasteiger partial charge in [-0.2, -0.15) is 4.98 Å². The van der Waals surface area contributed by atoms with Gasteiger partial charge in [0.1, 0.15) is 0 Å². The van der Waals surface area contributed by atoms with Crippen LogP contribution in [0.5, 0.6) is 0 Å². The third-order valence-corrected chi connectivity index (χ3v) is 3.99. The number of nitrogens with two attached hydrogens (primary N) is 1. The van der Waals surface area contributed by atoms with E-state index in [1.807, 2.05) is 0 Å². The van der Waals surface area contributed by atoms with Crippen molar-refractivity contribution in [3.63, 3.8) is 0 Å². The van der Waals surface area contributed by atoms with Gasteiger partial charge in [-0.1, -0.05) is 12.8 Å². The maximum Gasteiger partial charge on any atom is 0.246 e. The Kier molecular flexibility index (Phi) is 2.46. The van der Waals surface area contributed by atoms with Crippen molar-refractivity contribution in [3.05, 3.63) is 0 Å². The Balaban J connectivity index is 1.78. The topological polar surface area (TPSA) is 70.8 Å². The third kappa shape index (κ3) is 1.64. The third-order valence-electron chi connectivity index (χ3n) is 3.99. The quantitative estimate of drug-likeness (QED) is 0.794. The fraction of sp³-hybridized carbons (Fsp3) is 0.818. The molecule has 1 aliphatic heterocycles. The predicted molar refractivity (Wildman–Crippen MR) is 63.1 cm³/mol. The van der Waals surface area contributed by atoms with Crippen LogP contribution < -0.4 is 10.6 Å². The molecular weight excluding hydrogens is 202 g/mol. The molecule has 0 aromatic carbocycles. The number of H-pyrrole nitrogens is 1. The van der Waals surface area contributed by atoms with E-state index in [-0.39, 0.29) is 0 Å². The predicted octanol–water partition coefficient (Wildman–Crippen LogP) is 1.55. The monoisotopic (exact) mass is 221 g/mol. The Hall–Kier alpha value is -1.26. The van der Waals surface area contributed by atoms with Gasteiger partial charge in [0, 0.05) is 12.6 Å². The van der Waals surface area contributed by atoms with Crippen molar-refractivity contribution in [1.29, 1.82) is 0 Å². The van der Waals surface area contributed by atoms with Crippen LogP contribution in [0, 0.1) is 5.92 Å². The molecule has 3 rings (SSSR count). The fourth-order valence-electron chi connectivity index (χ4n) is 3.27. The Morgan fingerprint density at radius 1 is 1.19 bits per heavy atom. The number of aromatic nitrogens is 3. The average molecular weight is 221 g/mol. The van der Waals surface area contributed by atoms with Crippen molar-refractivity contribution in [1.82, 2.24) is 15.2 Å². The first-order valence-electron chi connectivity index (χ1n) is 6.29. The first-order chi connectivity index (χ1) is 7.84. The van der Waals surface area contributed by atoms with Crippen LogP contribution >= 0.6 is 0 Å². The fourth-order valence-corrected chi connectivity index (χ4v) is 3.27. The lowest BCUT2D eigenvalue weighted by Crippen LogP contribution is -2.35. The molecule has 1 aliphatic carbocycles. The van der Waals surface area contributed by atoms with E-state index in [9.17, 15) is 0 Å². The molecule has 1 saturated heterocycles. The molecule has 0 bridgehead atoms. The van der Waals surface area contributed by atoms with E-state index in [1.165, 1.54) is 38.5 Å². The summed E-state index contributed by atoms with van der Waals surface area (Å²) < 4.78 is 0. The minimum Gasteiger partial charge on any atom is -0.368 e. The summed E-state index contributed by atoms with van der Waals surface area (Å²) in [5.41, 5.74) is 5.59. The van der Waals surface area contributed by atoms with E-state index < -0.39 is 0 Å². The van der Waals surface area contributed by atoms with Crippen LogP contribution in [0.25, 0.3) is 0 Å². The Labute approximate surface area is 95.4 Å².